The standard InChI is InChI=1S/2C9H16O/c2*1-7(2)9(10)8-5-3-4-6-8/h2*7-8H,3-6H2,1-2H3. The average molecular weight is 280 g/mol. The fourth-order valence-corrected chi connectivity index (χ4v) is 3.36. The highest BCUT2D eigenvalue weighted by Crippen LogP contribution is 2.28. The van der Waals surface area contributed by atoms with Crippen molar-refractivity contribution in [2.24, 2.45) is 23.7 Å². The number of rotatable bonds is 4. The third-order valence-corrected chi connectivity index (χ3v) is 4.65. The minimum Gasteiger partial charge on any atom is -0.299 e. The van der Waals surface area contributed by atoms with E-state index < -0.39 is 0 Å². The van der Waals surface area contributed by atoms with E-state index in [1.807, 2.05) is 27.7 Å². The van der Waals surface area contributed by atoms with Gasteiger partial charge < -0.3 is 0 Å². The largest absolute Gasteiger partial charge is 0.299 e. The van der Waals surface area contributed by atoms with Gasteiger partial charge in [0.25, 0.3) is 0 Å². The Morgan fingerprint density at radius 1 is 0.650 bits per heavy atom. The first kappa shape index (κ1) is 17.4. The minimum atomic E-state index is 0.253. The fourth-order valence-electron chi connectivity index (χ4n) is 3.36. The first-order valence-electron chi connectivity index (χ1n) is 8.51. The lowest BCUT2D eigenvalue weighted by atomic mass is 9.94. The van der Waals surface area contributed by atoms with E-state index in [1.54, 1.807) is 0 Å². The van der Waals surface area contributed by atoms with Gasteiger partial charge in [0, 0.05) is 23.7 Å². The van der Waals surface area contributed by atoms with Crippen molar-refractivity contribution < 1.29 is 9.59 Å². The summed E-state index contributed by atoms with van der Waals surface area (Å²) >= 11 is 0. The van der Waals surface area contributed by atoms with E-state index in [-0.39, 0.29) is 11.8 Å². The Kier molecular flexibility index (Phi) is 7.47. The molecule has 2 nitrogen and oxygen atoms in total. The van der Waals surface area contributed by atoms with Crippen LogP contribution in [0.4, 0.5) is 0 Å². The molecule has 0 radical (unpaired) electrons. The molecule has 0 unspecified atom stereocenters. The van der Waals surface area contributed by atoms with Crippen molar-refractivity contribution in [3.63, 3.8) is 0 Å². The predicted octanol–water partition coefficient (Wildman–Crippen LogP) is 4.80. The van der Waals surface area contributed by atoms with Gasteiger partial charge in [-0.1, -0.05) is 53.4 Å². The summed E-state index contributed by atoms with van der Waals surface area (Å²) in [6.07, 6.45) is 9.67. The fraction of sp³-hybridized carbons (Fsp3) is 0.889. The molecule has 2 rings (SSSR count). The second-order valence-corrected chi connectivity index (χ2v) is 7.08. The van der Waals surface area contributed by atoms with Crippen LogP contribution < -0.4 is 0 Å². The highest BCUT2D eigenvalue weighted by molar-refractivity contribution is 5.83. The molecule has 0 aromatic rings. The van der Waals surface area contributed by atoms with Crippen molar-refractivity contribution in [1.82, 2.24) is 0 Å². The summed E-state index contributed by atoms with van der Waals surface area (Å²) in [6, 6.07) is 0. The van der Waals surface area contributed by atoms with Gasteiger partial charge in [0.1, 0.15) is 11.6 Å². The van der Waals surface area contributed by atoms with E-state index in [2.05, 4.69) is 0 Å². The Hall–Kier alpha value is -0.660. The molecule has 0 aromatic carbocycles. The molecule has 0 atom stereocenters. The smallest absolute Gasteiger partial charge is 0.138 e. The number of Topliss-reactive ketones (excluding diaryl/α,β-unsaturated/α-hetero) is 2. The number of carbonyl (C=O) groups is 2. The molecule has 0 saturated heterocycles. The summed E-state index contributed by atoms with van der Waals surface area (Å²) in [5, 5.41) is 0. The molecule has 0 aliphatic heterocycles. The third kappa shape index (κ3) is 5.38. The maximum Gasteiger partial charge on any atom is 0.138 e. The van der Waals surface area contributed by atoms with Gasteiger partial charge in [-0.2, -0.15) is 0 Å². The second-order valence-electron chi connectivity index (χ2n) is 7.08. The Labute approximate surface area is 124 Å². The van der Waals surface area contributed by atoms with Crippen LogP contribution in [-0.2, 0) is 9.59 Å². The van der Waals surface area contributed by atoms with Crippen LogP contribution >= 0.6 is 0 Å². The molecule has 0 heterocycles. The summed E-state index contributed by atoms with van der Waals surface area (Å²) in [5.74, 6) is 2.31. The number of carbonyl (C=O) groups excluding carboxylic acids is 2. The minimum absolute atomic E-state index is 0.253. The molecule has 0 spiro atoms. The van der Waals surface area contributed by atoms with Crippen LogP contribution in [0.5, 0.6) is 0 Å². The monoisotopic (exact) mass is 280 g/mol. The van der Waals surface area contributed by atoms with Crippen LogP contribution in [0.15, 0.2) is 0 Å². The van der Waals surface area contributed by atoms with Crippen LogP contribution in [-0.4, -0.2) is 11.6 Å². The first-order valence-corrected chi connectivity index (χ1v) is 8.51. The molecule has 0 bridgehead atoms. The maximum absolute atomic E-state index is 11.3. The molecule has 2 fully saturated rings. The topological polar surface area (TPSA) is 34.1 Å². The molecule has 2 heteroatoms. The molecule has 2 aliphatic rings. The zero-order chi connectivity index (χ0) is 15.1. The van der Waals surface area contributed by atoms with Crippen LogP contribution in [0.25, 0.3) is 0 Å². The van der Waals surface area contributed by atoms with Crippen molar-refractivity contribution in [2.45, 2.75) is 79.1 Å². The van der Waals surface area contributed by atoms with E-state index in [0.717, 1.165) is 25.7 Å². The van der Waals surface area contributed by atoms with E-state index in [1.165, 1.54) is 25.7 Å². The zero-order valence-electron chi connectivity index (χ0n) is 13.8. The Morgan fingerprint density at radius 3 is 1.10 bits per heavy atom. The number of ketones is 2. The number of hydrogen-bond donors (Lipinski definition) is 0. The van der Waals surface area contributed by atoms with Crippen LogP contribution in [0.1, 0.15) is 79.1 Å². The molecule has 0 aromatic heterocycles. The lowest BCUT2D eigenvalue weighted by Crippen LogP contribution is -2.16. The van der Waals surface area contributed by atoms with Gasteiger partial charge in [0.15, 0.2) is 0 Å². The van der Waals surface area contributed by atoms with Crippen molar-refractivity contribution in [2.75, 3.05) is 0 Å². The predicted molar refractivity (Wildman–Crippen MR) is 83.6 cm³/mol. The summed E-state index contributed by atoms with van der Waals surface area (Å²) < 4.78 is 0. The number of hydrogen-bond acceptors (Lipinski definition) is 2. The van der Waals surface area contributed by atoms with Gasteiger partial charge in [-0.25, -0.2) is 0 Å². The van der Waals surface area contributed by atoms with Crippen molar-refractivity contribution >= 4 is 11.6 Å². The molecule has 20 heavy (non-hydrogen) atoms. The maximum atomic E-state index is 11.3. The molecule has 0 amide bonds. The lowest BCUT2D eigenvalue weighted by molar-refractivity contribution is -0.126. The molecular formula is C18H32O2. The van der Waals surface area contributed by atoms with Gasteiger partial charge >= 0.3 is 0 Å². The normalized spacial score (nSPS) is 20.3. The summed E-state index contributed by atoms with van der Waals surface area (Å²) in [7, 11) is 0. The van der Waals surface area contributed by atoms with Gasteiger partial charge in [-0.15, -0.1) is 0 Å². The van der Waals surface area contributed by atoms with Crippen LogP contribution in [0.3, 0.4) is 0 Å². The van der Waals surface area contributed by atoms with Crippen molar-refractivity contribution in [1.29, 1.82) is 0 Å². The lowest BCUT2D eigenvalue weighted by Gasteiger charge is -2.09. The average Bonchev–Trinajstić information content (AvgIpc) is 3.10. The van der Waals surface area contributed by atoms with E-state index >= 15 is 0 Å². The van der Waals surface area contributed by atoms with E-state index in [4.69, 9.17) is 0 Å². The first-order chi connectivity index (χ1) is 9.43. The third-order valence-electron chi connectivity index (χ3n) is 4.65. The van der Waals surface area contributed by atoms with Crippen molar-refractivity contribution in [3.05, 3.63) is 0 Å². The molecule has 2 aliphatic carbocycles. The molecule has 0 N–H and O–H groups in total. The van der Waals surface area contributed by atoms with Gasteiger partial charge in [0.05, 0.1) is 0 Å². The summed E-state index contributed by atoms with van der Waals surface area (Å²) in [4.78, 5) is 22.7. The van der Waals surface area contributed by atoms with Gasteiger partial charge in [-0.05, 0) is 25.7 Å². The van der Waals surface area contributed by atoms with Gasteiger partial charge in [0.2, 0.25) is 0 Å². The Balaban J connectivity index is 0.000000200. The van der Waals surface area contributed by atoms with E-state index in [9.17, 15) is 9.59 Å². The Morgan fingerprint density at radius 2 is 0.900 bits per heavy atom. The quantitative estimate of drug-likeness (QED) is 0.741. The summed E-state index contributed by atoms with van der Waals surface area (Å²) in [6.45, 7) is 8.00. The SMILES string of the molecule is CC(C)C(=O)C1CCCC1.CC(C)C(=O)C1CCCC1. The molecular weight excluding hydrogens is 248 g/mol. The molecule has 116 valence electrons. The summed E-state index contributed by atoms with van der Waals surface area (Å²) in [5.41, 5.74) is 0. The van der Waals surface area contributed by atoms with E-state index in [0.29, 0.717) is 23.4 Å². The highest BCUT2D eigenvalue weighted by atomic mass is 16.1. The van der Waals surface area contributed by atoms with Crippen LogP contribution in [0, 0.1) is 23.7 Å². The Bertz CT molecular complexity index is 273. The zero-order valence-corrected chi connectivity index (χ0v) is 13.8. The highest BCUT2D eigenvalue weighted by Gasteiger charge is 2.24. The van der Waals surface area contributed by atoms with Crippen LogP contribution in [0.2, 0.25) is 0 Å². The van der Waals surface area contributed by atoms with Crippen molar-refractivity contribution in [3.8, 4) is 0 Å². The molecule has 2 saturated carbocycles. The second kappa shape index (κ2) is 8.59. The van der Waals surface area contributed by atoms with Gasteiger partial charge in [-0.3, -0.25) is 9.59 Å².